The Morgan fingerprint density at radius 2 is 1.80 bits per heavy atom. The van der Waals surface area contributed by atoms with Crippen LogP contribution in [0.2, 0.25) is 0 Å². The molecule has 4 heteroatoms. The van der Waals surface area contributed by atoms with Crippen LogP contribution in [0.4, 0.5) is 0 Å². The molecule has 0 atom stereocenters. The Kier molecular flexibility index (Phi) is 1.82. The molecular formula is C6H7NO3. The summed E-state index contributed by atoms with van der Waals surface area (Å²) >= 11 is 0. The van der Waals surface area contributed by atoms with Crippen molar-refractivity contribution in [2.45, 2.75) is 0 Å². The minimum Gasteiger partial charge on any atom is -0.395 e. The Hall–Kier alpha value is -1.16. The maximum atomic E-state index is 10.7. The molecule has 0 aromatic heterocycles. The second kappa shape index (κ2) is 2.62. The molecule has 0 radical (unpaired) electrons. The summed E-state index contributed by atoms with van der Waals surface area (Å²) in [5.74, 6) is -0.696. The van der Waals surface area contributed by atoms with Crippen LogP contribution < -0.4 is 0 Å². The van der Waals surface area contributed by atoms with Gasteiger partial charge in [0.2, 0.25) is 0 Å². The predicted octanol–water partition coefficient (Wildman–Crippen LogP) is -1.10. The van der Waals surface area contributed by atoms with E-state index in [0.29, 0.717) is 0 Å². The van der Waals surface area contributed by atoms with Crippen molar-refractivity contribution in [3.8, 4) is 0 Å². The fourth-order valence-electron chi connectivity index (χ4n) is 0.752. The molecule has 0 fully saturated rings. The molecule has 1 rings (SSSR count). The molecule has 10 heavy (non-hydrogen) atoms. The third-order valence-corrected chi connectivity index (χ3v) is 1.22. The summed E-state index contributed by atoms with van der Waals surface area (Å²) in [5.41, 5.74) is 0. The maximum absolute atomic E-state index is 10.7. The van der Waals surface area contributed by atoms with Crippen LogP contribution in [0.25, 0.3) is 0 Å². The molecule has 54 valence electrons. The summed E-state index contributed by atoms with van der Waals surface area (Å²) < 4.78 is 0. The minimum absolute atomic E-state index is 0.0880. The van der Waals surface area contributed by atoms with Crippen LogP contribution in [0.15, 0.2) is 12.2 Å². The van der Waals surface area contributed by atoms with Crippen molar-refractivity contribution in [3.05, 3.63) is 12.2 Å². The average molecular weight is 141 g/mol. The molecule has 1 N–H and O–H groups in total. The number of nitrogens with zero attached hydrogens (tertiary/aromatic N) is 1. The molecule has 1 heterocycles. The number of carbonyl (C=O) groups is 2. The number of hydrogen-bond acceptors (Lipinski definition) is 3. The number of β-amino-alcohol motifs (C(OH)–C–C–N with tert-alkyl or cyclic N) is 1. The number of carbonyl (C=O) groups excluding carboxylic acids is 2. The molecule has 1 aliphatic heterocycles. The van der Waals surface area contributed by atoms with Gasteiger partial charge in [0.15, 0.2) is 0 Å². The Bertz CT molecular complexity index is 179. The van der Waals surface area contributed by atoms with Crippen LogP contribution in [0, 0.1) is 0 Å². The van der Waals surface area contributed by atoms with Crippen molar-refractivity contribution < 1.29 is 14.7 Å². The van der Waals surface area contributed by atoms with E-state index in [1.165, 1.54) is 12.2 Å². The molecule has 2 amide bonds. The lowest BCUT2D eigenvalue weighted by molar-refractivity contribution is -0.137. The van der Waals surface area contributed by atoms with Gasteiger partial charge in [0.05, 0.1) is 13.2 Å². The first-order chi connectivity index (χ1) is 4.75. The van der Waals surface area contributed by atoms with Gasteiger partial charge in [0, 0.05) is 12.2 Å². The summed E-state index contributed by atoms with van der Waals surface area (Å²) in [6.45, 7) is -0.0934. The van der Waals surface area contributed by atoms with Crippen molar-refractivity contribution in [1.29, 1.82) is 0 Å². The highest BCUT2D eigenvalue weighted by Crippen LogP contribution is 2.01. The molecule has 0 unspecified atom stereocenters. The Balaban J connectivity index is 2.60. The quantitative estimate of drug-likeness (QED) is 0.497. The highest BCUT2D eigenvalue weighted by Gasteiger charge is 2.21. The summed E-state index contributed by atoms with van der Waals surface area (Å²) in [7, 11) is 0. The van der Waals surface area contributed by atoms with Gasteiger partial charge in [-0.1, -0.05) is 0 Å². The van der Waals surface area contributed by atoms with Gasteiger partial charge in [-0.05, 0) is 0 Å². The fraction of sp³-hybridized carbons (Fsp3) is 0.333. The molecular weight excluding hydrogens is 134 g/mol. The van der Waals surface area contributed by atoms with Crippen molar-refractivity contribution in [3.63, 3.8) is 0 Å². The third kappa shape index (κ3) is 1.06. The fourth-order valence-corrected chi connectivity index (χ4v) is 0.752. The molecule has 0 aliphatic carbocycles. The Labute approximate surface area is 57.7 Å². The van der Waals surface area contributed by atoms with E-state index in [4.69, 9.17) is 5.11 Å². The summed E-state index contributed by atoms with van der Waals surface area (Å²) in [6, 6.07) is 0. The van der Waals surface area contributed by atoms with Gasteiger partial charge >= 0.3 is 0 Å². The zero-order valence-corrected chi connectivity index (χ0v) is 5.28. The third-order valence-electron chi connectivity index (χ3n) is 1.22. The lowest BCUT2D eigenvalue weighted by Gasteiger charge is -2.10. The smallest absolute Gasteiger partial charge is 0.253 e. The van der Waals surface area contributed by atoms with Gasteiger partial charge in [-0.25, -0.2) is 0 Å². The highest BCUT2D eigenvalue weighted by atomic mass is 16.3. The van der Waals surface area contributed by atoms with Crippen LogP contribution in [0.1, 0.15) is 0 Å². The van der Waals surface area contributed by atoms with Crippen LogP contribution in [0.5, 0.6) is 0 Å². The van der Waals surface area contributed by atoms with Crippen LogP contribution in [-0.4, -0.2) is 35.0 Å². The topological polar surface area (TPSA) is 57.6 Å². The van der Waals surface area contributed by atoms with E-state index >= 15 is 0 Å². The van der Waals surface area contributed by atoms with Crippen LogP contribution in [-0.2, 0) is 9.59 Å². The van der Waals surface area contributed by atoms with Gasteiger partial charge in [0.25, 0.3) is 11.8 Å². The number of hydrogen-bond donors (Lipinski definition) is 1. The van der Waals surface area contributed by atoms with Crippen molar-refractivity contribution >= 4 is 11.8 Å². The number of aliphatic hydroxyl groups excluding tert-OH is 1. The van der Waals surface area contributed by atoms with Gasteiger partial charge in [-0.15, -0.1) is 0 Å². The van der Waals surface area contributed by atoms with E-state index in [-0.39, 0.29) is 25.0 Å². The summed E-state index contributed by atoms with van der Waals surface area (Å²) in [5, 5.41) is 8.39. The summed E-state index contributed by atoms with van der Waals surface area (Å²) in [4.78, 5) is 22.3. The standard InChI is InChI=1S/C6H7NO3/c8-4-3-7-5(9)1-2-6(7)10/h1-2,8H,3-4H2. The number of rotatable bonds is 2. The van der Waals surface area contributed by atoms with Gasteiger partial charge in [0.1, 0.15) is 0 Å². The number of amides is 2. The first-order valence-electron chi connectivity index (χ1n) is 2.90. The molecule has 0 saturated heterocycles. The molecule has 0 spiro atoms. The normalized spacial score (nSPS) is 17.1. The lowest BCUT2D eigenvalue weighted by atomic mass is 10.5. The molecule has 1 aliphatic rings. The molecule has 0 bridgehead atoms. The Morgan fingerprint density at radius 3 is 2.20 bits per heavy atom. The first kappa shape index (κ1) is 6.95. The van der Waals surface area contributed by atoms with Crippen molar-refractivity contribution in [1.82, 2.24) is 4.90 Å². The van der Waals surface area contributed by atoms with Gasteiger partial charge in [-0.3, -0.25) is 14.5 Å². The molecule has 0 saturated carbocycles. The largest absolute Gasteiger partial charge is 0.395 e. The number of imide groups is 1. The highest BCUT2D eigenvalue weighted by molar-refractivity contribution is 6.12. The minimum atomic E-state index is -0.348. The second-order valence-corrected chi connectivity index (χ2v) is 1.89. The van der Waals surface area contributed by atoms with E-state index in [2.05, 4.69) is 0 Å². The second-order valence-electron chi connectivity index (χ2n) is 1.89. The van der Waals surface area contributed by atoms with E-state index < -0.39 is 0 Å². The monoisotopic (exact) mass is 141 g/mol. The SMILES string of the molecule is O=C1C=CC(=O)N1CCO. The number of aliphatic hydroxyl groups is 1. The average Bonchev–Trinajstić information content (AvgIpc) is 2.20. The summed E-state index contributed by atoms with van der Waals surface area (Å²) in [6.07, 6.45) is 2.38. The van der Waals surface area contributed by atoms with Crippen LogP contribution >= 0.6 is 0 Å². The van der Waals surface area contributed by atoms with E-state index in [0.717, 1.165) is 4.90 Å². The van der Waals surface area contributed by atoms with Gasteiger partial charge < -0.3 is 5.11 Å². The predicted molar refractivity (Wildman–Crippen MR) is 32.9 cm³/mol. The molecule has 0 aromatic carbocycles. The zero-order chi connectivity index (χ0) is 7.56. The molecule has 0 aromatic rings. The van der Waals surface area contributed by atoms with Crippen molar-refractivity contribution in [2.24, 2.45) is 0 Å². The van der Waals surface area contributed by atoms with E-state index in [1.54, 1.807) is 0 Å². The Morgan fingerprint density at radius 1 is 1.30 bits per heavy atom. The molecule has 4 nitrogen and oxygen atoms in total. The first-order valence-corrected chi connectivity index (χ1v) is 2.90. The zero-order valence-electron chi connectivity index (χ0n) is 5.28. The maximum Gasteiger partial charge on any atom is 0.253 e. The van der Waals surface area contributed by atoms with E-state index in [9.17, 15) is 9.59 Å². The van der Waals surface area contributed by atoms with Gasteiger partial charge in [-0.2, -0.15) is 0 Å². The van der Waals surface area contributed by atoms with Crippen LogP contribution in [0.3, 0.4) is 0 Å². The van der Waals surface area contributed by atoms with Crippen molar-refractivity contribution in [2.75, 3.05) is 13.2 Å². The lowest BCUT2D eigenvalue weighted by Crippen LogP contribution is -2.32. The van der Waals surface area contributed by atoms with E-state index in [1.807, 2.05) is 0 Å².